The summed E-state index contributed by atoms with van der Waals surface area (Å²) in [6, 6.07) is 3.06. The molecule has 0 spiro atoms. The molecule has 3 N–H and O–H groups in total. The van der Waals surface area contributed by atoms with Gasteiger partial charge >= 0.3 is 0 Å². The van der Waals surface area contributed by atoms with Gasteiger partial charge in [-0.3, -0.25) is 0 Å². The lowest BCUT2D eigenvalue weighted by Crippen LogP contribution is -2.28. The lowest BCUT2D eigenvalue weighted by atomic mass is 10.2. The zero-order valence-corrected chi connectivity index (χ0v) is 13.4. The van der Waals surface area contributed by atoms with Gasteiger partial charge in [0.05, 0.1) is 6.04 Å². The minimum absolute atomic E-state index is 0.105. The molecule has 0 aliphatic rings. The van der Waals surface area contributed by atoms with Gasteiger partial charge in [0.1, 0.15) is 27.9 Å². The van der Waals surface area contributed by atoms with Crippen LogP contribution in [0.5, 0.6) is 0 Å². The number of hydrogen-bond acceptors (Lipinski definition) is 5. The number of nitrogens with two attached hydrogens (primary N) is 1. The first kappa shape index (κ1) is 15.8. The fourth-order valence-corrected chi connectivity index (χ4v) is 4.00. The smallest absolute Gasteiger partial charge is 0.245 e. The number of aryl methyl sites for hydroxylation is 3. The molecule has 2 aromatic rings. The maximum Gasteiger partial charge on any atom is 0.245 e. The van der Waals surface area contributed by atoms with Gasteiger partial charge in [0, 0.05) is 12.1 Å². The van der Waals surface area contributed by atoms with Crippen LogP contribution in [-0.2, 0) is 16.6 Å². The molecule has 2 heterocycles. The normalized spacial score (nSPS) is 13.6. The Balaban J connectivity index is 2.35. The van der Waals surface area contributed by atoms with Crippen molar-refractivity contribution in [2.75, 3.05) is 0 Å². The molecule has 1 unspecified atom stereocenters. The zero-order chi connectivity index (χ0) is 15.8. The monoisotopic (exact) mass is 312 g/mol. The molecule has 0 saturated carbocycles. The van der Waals surface area contributed by atoms with Crippen molar-refractivity contribution in [3.63, 3.8) is 0 Å². The second-order valence-corrected chi connectivity index (χ2v) is 6.67. The summed E-state index contributed by atoms with van der Waals surface area (Å²) >= 11 is 0. The topological polar surface area (TPSA) is 98.5 Å². The molecular formula is C14H20N2O4S. The molecule has 6 nitrogen and oxygen atoms in total. The van der Waals surface area contributed by atoms with Gasteiger partial charge in [-0.1, -0.05) is 0 Å². The Morgan fingerprint density at radius 2 is 1.86 bits per heavy atom. The van der Waals surface area contributed by atoms with Crippen LogP contribution < -0.4 is 10.5 Å². The highest BCUT2D eigenvalue weighted by Crippen LogP contribution is 2.27. The van der Waals surface area contributed by atoms with Crippen molar-refractivity contribution in [1.29, 1.82) is 0 Å². The predicted molar refractivity (Wildman–Crippen MR) is 78.3 cm³/mol. The average Bonchev–Trinajstić information content (AvgIpc) is 2.92. The maximum absolute atomic E-state index is 12.6. The molecule has 0 aromatic carbocycles. The highest BCUT2D eigenvalue weighted by molar-refractivity contribution is 7.89. The van der Waals surface area contributed by atoms with Gasteiger partial charge in [-0.2, -0.15) is 0 Å². The molecular weight excluding hydrogens is 292 g/mol. The largest absolute Gasteiger partial charge is 0.465 e. The van der Waals surface area contributed by atoms with Gasteiger partial charge in [0.2, 0.25) is 10.0 Å². The average molecular weight is 312 g/mol. The van der Waals surface area contributed by atoms with E-state index in [0.29, 0.717) is 22.8 Å². The summed E-state index contributed by atoms with van der Waals surface area (Å²) in [5.41, 5.74) is 6.14. The van der Waals surface area contributed by atoms with Gasteiger partial charge in [0.25, 0.3) is 0 Å². The first-order chi connectivity index (χ1) is 9.76. The summed E-state index contributed by atoms with van der Waals surface area (Å²) in [6.07, 6.45) is 0. The Kier molecular flexibility index (Phi) is 4.27. The first-order valence-electron chi connectivity index (χ1n) is 6.64. The molecule has 7 heteroatoms. The Morgan fingerprint density at radius 3 is 2.38 bits per heavy atom. The summed E-state index contributed by atoms with van der Waals surface area (Å²) in [6.45, 7) is 6.95. The van der Waals surface area contributed by atoms with E-state index in [1.807, 2.05) is 0 Å². The van der Waals surface area contributed by atoms with Gasteiger partial charge in [0.15, 0.2) is 0 Å². The molecule has 0 fully saturated rings. The molecule has 116 valence electrons. The van der Waals surface area contributed by atoms with Crippen molar-refractivity contribution in [3.8, 4) is 0 Å². The van der Waals surface area contributed by atoms with Crippen molar-refractivity contribution < 1.29 is 17.3 Å². The Hall–Kier alpha value is -1.57. The van der Waals surface area contributed by atoms with Crippen LogP contribution in [0, 0.1) is 20.8 Å². The van der Waals surface area contributed by atoms with Crippen LogP contribution in [0.2, 0.25) is 0 Å². The van der Waals surface area contributed by atoms with Crippen LogP contribution >= 0.6 is 0 Å². The minimum Gasteiger partial charge on any atom is -0.465 e. The Morgan fingerprint density at radius 1 is 1.19 bits per heavy atom. The van der Waals surface area contributed by atoms with Crippen LogP contribution in [0.15, 0.2) is 25.9 Å². The first-order valence-corrected chi connectivity index (χ1v) is 8.12. The van der Waals surface area contributed by atoms with E-state index >= 15 is 0 Å². The molecule has 0 amide bonds. The standard InChI is InChI=1S/C14H20N2O4S/c1-8-5-6-13(19-8)9(2)16-21(17,18)14-11(4)20-10(3)12(14)7-15/h5-6,9,16H,7,15H2,1-4H3. The third-order valence-electron chi connectivity index (χ3n) is 3.32. The molecule has 0 saturated heterocycles. The highest BCUT2D eigenvalue weighted by Gasteiger charge is 2.28. The Bertz CT molecular complexity index is 743. The van der Waals surface area contributed by atoms with E-state index in [0.717, 1.165) is 5.76 Å². The van der Waals surface area contributed by atoms with E-state index in [-0.39, 0.29) is 11.4 Å². The third kappa shape index (κ3) is 3.04. The number of rotatable bonds is 5. The van der Waals surface area contributed by atoms with Gasteiger partial charge in [-0.15, -0.1) is 0 Å². The molecule has 0 radical (unpaired) electrons. The fourth-order valence-electron chi connectivity index (χ4n) is 2.33. The van der Waals surface area contributed by atoms with E-state index in [2.05, 4.69) is 4.72 Å². The predicted octanol–water partition coefficient (Wildman–Crippen LogP) is 2.30. The van der Waals surface area contributed by atoms with Crippen molar-refractivity contribution in [1.82, 2.24) is 4.72 Å². The van der Waals surface area contributed by atoms with Crippen LogP contribution in [0.4, 0.5) is 0 Å². The van der Waals surface area contributed by atoms with E-state index in [1.165, 1.54) is 0 Å². The summed E-state index contributed by atoms with van der Waals surface area (Å²) in [5, 5.41) is 0. The SMILES string of the molecule is Cc1ccc(C(C)NS(=O)(=O)c2c(C)oc(C)c2CN)o1. The molecule has 0 aliphatic heterocycles. The van der Waals surface area contributed by atoms with Gasteiger partial charge in [-0.25, -0.2) is 13.1 Å². The Labute approximate surface area is 124 Å². The molecule has 0 bridgehead atoms. The second-order valence-electron chi connectivity index (χ2n) is 5.02. The highest BCUT2D eigenvalue weighted by atomic mass is 32.2. The maximum atomic E-state index is 12.6. The van der Waals surface area contributed by atoms with Crippen molar-refractivity contribution >= 4 is 10.0 Å². The molecule has 1 atom stereocenters. The fraction of sp³-hybridized carbons (Fsp3) is 0.429. The van der Waals surface area contributed by atoms with E-state index in [1.54, 1.807) is 39.8 Å². The lowest BCUT2D eigenvalue weighted by molar-refractivity contribution is 0.440. The van der Waals surface area contributed by atoms with Crippen molar-refractivity contribution in [2.24, 2.45) is 5.73 Å². The van der Waals surface area contributed by atoms with Crippen LogP contribution in [-0.4, -0.2) is 8.42 Å². The van der Waals surface area contributed by atoms with Crippen molar-refractivity contribution in [3.05, 3.63) is 40.7 Å². The van der Waals surface area contributed by atoms with Gasteiger partial charge < -0.3 is 14.6 Å². The van der Waals surface area contributed by atoms with Gasteiger partial charge in [-0.05, 0) is 39.8 Å². The van der Waals surface area contributed by atoms with Crippen molar-refractivity contribution in [2.45, 2.75) is 45.2 Å². The molecule has 2 rings (SSSR count). The summed E-state index contributed by atoms with van der Waals surface area (Å²) in [5.74, 6) is 2.15. The zero-order valence-electron chi connectivity index (χ0n) is 12.6. The third-order valence-corrected chi connectivity index (χ3v) is 5.05. The van der Waals surface area contributed by atoms with Crippen LogP contribution in [0.3, 0.4) is 0 Å². The molecule has 0 aliphatic carbocycles. The van der Waals surface area contributed by atoms with E-state index in [9.17, 15) is 8.42 Å². The number of hydrogen-bond donors (Lipinski definition) is 2. The van der Waals surface area contributed by atoms with Crippen LogP contribution in [0.1, 0.15) is 41.6 Å². The summed E-state index contributed by atoms with van der Waals surface area (Å²) < 4.78 is 38.6. The number of sulfonamides is 1. The second kappa shape index (κ2) is 5.67. The summed E-state index contributed by atoms with van der Waals surface area (Å²) in [4.78, 5) is 0.123. The quantitative estimate of drug-likeness (QED) is 0.882. The summed E-state index contributed by atoms with van der Waals surface area (Å²) in [7, 11) is -3.73. The molecule has 21 heavy (non-hydrogen) atoms. The molecule has 2 aromatic heterocycles. The number of furan rings is 2. The lowest BCUT2D eigenvalue weighted by Gasteiger charge is -2.12. The van der Waals surface area contributed by atoms with Crippen LogP contribution in [0.25, 0.3) is 0 Å². The van der Waals surface area contributed by atoms with E-state index < -0.39 is 16.1 Å². The van der Waals surface area contributed by atoms with E-state index in [4.69, 9.17) is 14.6 Å². The number of nitrogens with one attached hydrogen (secondary N) is 1. The minimum atomic E-state index is -3.73.